The Morgan fingerprint density at radius 2 is 2.24 bits per heavy atom. The Morgan fingerprint density at radius 3 is 2.76 bits per heavy atom. The lowest BCUT2D eigenvalue weighted by Crippen LogP contribution is -2.41. The van der Waals surface area contributed by atoms with Crippen molar-refractivity contribution in [3.63, 3.8) is 0 Å². The van der Waals surface area contributed by atoms with Gasteiger partial charge in [-0.05, 0) is 31.5 Å². The highest BCUT2D eigenvalue weighted by molar-refractivity contribution is 5.97. The van der Waals surface area contributed by atoms with E-state index in [1.165, 1.54) is 19.2 Å². The SMILES string of the molecule is CCC(C)(OC)C(=O)Nc1ccc(C#CCCO)c(F)c1. The summed E-state index contributed by atoms with van der Waals surface area (Å²) in [7, 11) is 1.46. The first-order chi connectivity index (χ1) is 9.96. The maximum Gasteiger partial charge on any atom is 0.256 e. The molecular weight excluding hydrogens is 273 g/mol. The van der Waals surface area contributed by atoms with Crippen molar-refractivity contribution in [2.75, 3.05) is 19.0 Å². The lowest BCUT2D eigenvalue weighted by Gasteiger charge is -2.25. The van der Waals surface area contributed by atoms with Crippen molar-refractivity contribution in [3.8, 4) is 11.8 Å². The highest BCUT2D eigenvalue weighted by atomic mass is 19.1. The van der Waals surface area contributed by atoms with Crippen molar-refractivity contribution in [2.45, 2.75) is 32.3 Å². The molecule has 0 heterocycles. The van der Waals surface area contributed by atoms with Gasteiger partial charge in [0.15, 0.2) is 0 Å². The van der Waals surface area contributed by atoms with Gasteiger partial charge in [0.1, 0.15) is 11.4 Å². The molecule has 0 fully saturated rings. The molecule has 0 aliphatic heterocycles. The molecule has 1 atom stereocenters. The van der Waals surface area contributed by atoms with Gasteiger partial charge in [0, 0.05) is 19.2 Å². The third-order valence-electron chi connectivity index (χ3n) is 3.29. The van der Waals surface area contributed by atoms with Crippen molar-refractivity contribution >= 4 is 11.6 Å². The minimum atomic E-state index is -0.948. The highest BCUT2D eigenvalue weighted by Gasteiger charge is 2.30. The van der Waals surface area contributed by atoms with E-state index in [2.05, 4.69) is 17.2 Å². The van der Waals surface area contributed by atoms with Crippen LogP contribution < -0.4 is 5.32 Å². The number of carbonyl (C=O) groups excluding carboxylic acids is 1. The number of aliphatic hydroxyl groups is 1. The predicted molar refractivity (Wildman–Crippen MR) is 79.3 cm³/mol. The predicted octanol–water partition coefficient (Wildman–Crippen LogP) is 2.31. The average molecular weight is 293 g/mol. The Hall–Kier alpha value is -1.90. The van der Waals surface area contributed by atoms with Crippen molar-refractivity contribution < 1.29 is 19.0 Å². The minimum absolute atomic E-state index is 0.0601. The molecule has 4 nitrogen and oxygen atoms in total. The van der Waals surface area contributed by atoms with E-state index < -0.39 is 11.4 Å². The fourth-order valence-corrected chi connectivity index (χ4v) is 1.57. The number of aliphatic hydroxyl groups excluding tert-OH is 1. The standard InChI is InChI=1S/C16H20FNO3/c1-4-16(2,21-3)15(20)18-13-9-8-12(14(17)11-13)7-5-6-10-19/h8-9,11,19H,4,6,10H2,1-3H3,(H,18,20). The first-order valence-corrected chi connectivity index (χ1v) is 6.72. The lowest BCUT2D eigenvalue weighted by atomic mass is 10.0. The summed E-state index contributed by atoms with van der Waals surface area (Å²) in [5.41, 5.74) is -0.371. The number of methoxy groups -OCH3 is 1. The normalized spacial score (nSPS) is 13.0. The number of benzene rings is 1. The maximum atomic E-state index is 13.8. The lowest BCUT2D eigenvalue weighted by molar-refractivity contribution is -0.136. The third kappa shape index (κ3) is 4.55. The molecular formula is C16H20FNO3. The zero-order valence-corrected chi connectivity index (χ0v) is 12.5. The molecule has 0 aliphatic carbocycles. The van der Waals surface area contributed by atoms with E-state index in [4.69, 9.17) is 9.84 Å². The second kappa shape index (κ2) is 7.77. The van der Waals surface area contributed by atoms with Crippen LogP contribution in [0.5, 0.6) is 0 Å². The Bertz CT molecular complexity index is 556. The second-order valence-corrected chi connectivity index (χ2v) is 4.71. The molecule has 0 aliphatic rings. The average Bonchev–Trinajstić information content (AvgIpc) is 2.48. The van der Waals surface area contributed by atoms with Gasteiger partial charge < -0.3 is 15.2 Å². The Balaban J connectivity index is 2.86. The first kappa shape index (κ1) is 17.2. The first-order valence-electron chi connectivity index (χ1n) is 6.72. The quantitative estimate of drug-likeness (QED) is 0.819. The van der Waals surface area contributed by atoms with E-state index in [1.807, 2.05) is 6.92 Å². The van der Waals surface area contributed by atoms with Gasteiger partial charge in [0.2, 0.25) is 0 Å². The van der Waals surface area contributed by atoms with Crippen LogP contribution in [-0.4, -0.2) is 30.3 Å². The van der Waals surface area contributed by atoms with Crippen LogP contribution in [0.4, 0.5) is 10.1 Å². The van der Waals surface area contributed by atoms with Crippen LogP contribution in [0.15, 0.2) is 18.2 Å². The molecule has 0 spiro atoms. The van der Waals surface area contributed by atoms with Gasteiger partial charge in [-0.15, -0.1) is 0 Å². The molecule has 1 aromatic rings. The van der Waals surface area contributed by atoms with E-state index in [0.717, 1.165) is 0 Å². The number of anilines is 1. The molecule has 1 amide bonds. The number of halogens is 1. The van der Waals surface area contributed by atoms with Crippen LogP contribution in [0, 0.1) is 17.7 Å². The summed E-state index contributed by atoms with van der Waals surface area (Å²) in [6, 6.07) is 4.29. The largest absolute Gasteiger partial charge is 0.395 e. The summed E-state index contributed by atoms with van der Waals surface area (Å²) in [4.78, 5) is 12.1. The van der Waals surface area contributed by atoms with Crippen LogP contribution in [0.3, 0.4) is 0 Å². The fraction of sp³-hybridized carbons (Fsp3) is 0.438. The molecule has 114 valence electrons. The van der Waals surface area contributed by atoms with E-state index >= 15 is 0 Å². The van der Waals surface area contributed by atoms with Crippen LogP contribution in [0.1, 0.15) is 32.3 Å². The summed E-state index contributed by atoms with van der Waals surface area (Å²) in [6.45, 7) is 3.45. The Kier molecular flexibility index (Phi) is 6.35. The van der Waals surface area contributed by atoms with Gasteiger partial charge in [0.25, 0.3) is 5.91 Å². The van der Waals surface area contributed by atoms with E-state index in [0.29, 0.717) is 18.5 Å². The van der Waals surface area contributed by atoms with Gasteiger partial charge in [-0.2, -0.15) is 0 Å². The number of hydrogen-bond acceptors (Lipinski definition) is 3. The highest BCUT2D eigenvalue weighted by Crippen LogP contribution is 2.19. The summed E-state index contributed by atoms with van der Waals surface area (Å²) < 4.78 is 19.0. The molecule has 21 heavy (non-hydrogen) atoms. The molecule has 1 rings (SSSR count). The van der Waals surface area contributed by atoms with E-state index in [9.17, 15) is 9.18 Å². The molecule has 2 N–H and O–H groups in total. The second-order valence-electron chi connectivity index (χ2n) is 4.71. The summed E-state index contributed by atoms with van der Waals surface area (Å²) >= 11 is 0. The zero-order chi connectivity index (χ0) is 15.9. The minimum Gasteiger partial charge on any atom is -0.395 e. The number of nitrogens with one attached hydrogen (secondary N) is 1. The number of carbonyl (C=O) groups is 1. The van der Waals surface area contributed by atoms with Crippen LogP contribution in [0.25, 0.3) is 0 Å². The molecule has 0 radical (unpaired) electrons. The van der Waals surface area contributed by atoms with Gasteiger partial charge in [-0.3, -0.25) is 4.79 Å². The summed E-state index contributed by atoms with van der Waals surface area (Å²) in [6.07, 6.45) is 0.795. The van der Waals surface area contributed by atoms with Gasteiger partial charge in [-0.25, -0.2) is 4.39 Å². The van der Waals surface area contributed by atoms with Crippen molar-refractivity contribution in [2.24, 2.45) is 0 Å². The molecule has 1 aromatic carbocycles. The Labute approximate surface area is 124 Å². The van der Waals surface area contributed by atoms with Gasteiger partial charge in [0.05, 0.1) is 12.2 Å². The van der Waals surface area contributed by atoms with Crippen LogP contribution >= 0.6 is 0 Å². The molecule has 5 heteroatoms. The number of hydrogen-bond donors (Lipinski definition) is 2. The Morgan fingerprint density at radius 1 is 1.52 bits per heavy atom. The van der Waals surface area contributed by atoms with Crippen LogP contribution in [0.2, 0.25) is 0 Å². The van der Waals surface area contributed by atoms with Gasteiger partial charge in [-0.1, -0.05) is 18.8 Å². The van der Waals surface area contributed by atoms with Crippen molar-refractivity contribution in [1.82, 2.24) is 0 Å². The fourth-order valence-electron chi connectivity index (χ4n) is 1.57. The van der Waals surface area contributed by atoms with E-state index in [-0.39, 0.29) is 18.1 Å². The monoisotopic (exact) mass is 293 g/mol. The van der Waals surface area contributed by atoms with Crippen molar-refractivity contribution in [1.29, 1.82) is 0 Å². The van der Waals surface area contributed by atoms with E-state index in [1.54, 1.807) is 13.0 Å². The topological polar surface area (TPSA) is 58.6 Å². The molecule has 0 saturated heterocycles. The summed E-state index contributed by atoms with van der Waals surface area (Å²) in [5, 5.41) is 11.3. The molecule has 0 saturated carbocycles. The number of amides is 1. The molecule has 0 bridgehead atoms. The van der Waals surface area contributed by atoms with Crippen LogP contribution in [-0.2, 0) is 9.53 Å². The smallest absolute Gasteiger partial charge is 0.256 e. The molecule has 1 unspecified atom stereocenters. The van der Waals surface area contributed by atoms with Crippen molar-refractivity contribution in [3.05, 3.63) is 29.6 Å². The van der Waals surface area contributed by atoms with Gasteiger partial charge >= 0.3 is 0 Å². The maximum absolute atomic E-state index is 13.8. The zero-order valence-electron chi connectivity index (χ0n) is 12.5. The number of ether oxygens (including phenoxy) is 1. The number of rotatable bonds is 5. The molecule has 0 aromatic heterocycles. The third-order valence-corrected chi connectivity index (χ3v) is 3.29. The summed E-state index contributed by atoms with van der Waals surface area (Å²) in [5.74, 6) is 4.42.